The summed E-state index contributed by atoms with van der Waals surface area (Å²) < 4.78 is 38.9. The van der Waals surface area contributed by atoms with Crippen LogP contribution in [-0.4, -0.2) is 68.5 Å². The van der Waals surface area contributed by atoms with Crippen molar-refractivity contribution in [3.8, 4) is 0 Å². The van der Waals surface area contributed by atoms with Crippen molar-refractivity contribution in [2.45, 2.75) is 30.6 Å². The zero-order valence-corrected chi connectivity index (χ0v) is 17.8. The summed E-state index contributed by atoms with van der Waals surface area (Å²) in [5.74, 6) is -0.0981. The van der Waals surface area contributed by atoms with Gasteiger partial charge in [-0.15, -0.1) is 0 Å². The molecule has 2 aliphatic heterocycles. The average molecular weight is 431 g/mol. The average Bonchev–Trinajstić information content (AvgIpc) is 2.74. The molecule has 160 valence electrons. The number of benzene rings is 2. The van der Waals surface area contributed by atoms with E-state index >= 15 is 0 Å². The quantitative estimate of drug-likeness (QED) is 0.699. The molecule has 2 heterocycles. The van der Waals surface area contributed by atoms with E-state index in [4.69, 9.17) is 9.47 Å². The predicted octanol–water partition coefficient (Wildman–Crippen LogP) is 1.81. The summed E-state index contributed by atoms with van der Waals surface area (Å²) in [5.41, 5.74) is 2.03. The molecule has 8 heteroatoms. The Balaban J connectivity index is 1.33. The van der Waals surface area contributed by atoms with Gasteiger partial charge in [-0.2, -0.15) is 4.31 Å². The molecule has 0 spiro atoms. The third kappa shape index (κ3) is 4.73. The maximum Gasteiger partial charge on any atom is 0.248 e. The highest BCUT2D eigenvalue weighted by atomic mass is 32.2. The second kappa shape index (κ2) is 8.85. The monoisotopic (exact) mass is 430 g/mol. The van der Waals surface area contributed by atoms with E-state index in [9.17, 15) is 13.2 Å². The molecule has 2 atom stereocenters. The summed E-state index contributed by atoms with van der Waals surface area (Å²) in [6, 6.07) is 16.6. The van der Waals surface area contributed by atoms with Gasteiger partial charge in [-0.1, -0.05) is 48.0 Å². The Morgan fingerprint density at radius 3 is 2.27 bits per heavy atom. The number of carbonyl (C=O) groups is 1. The van der Waals surface area contributed by atoms with Crippen LogP contribution in [0.1, 0.15) is 11.1 Å². The Labute approximate surface area is 177 Å². The first-order valence-corrected chi connectivity index (χ1v) is 11.5. The second-order valence-electron chi connectivity index (χ2n) is 7.79. The van der Waals surface area contributed by atoms with E-state index in [1.54, 1.807) is 29.2 Å². The zero-order chi connectivity index (χ0) is 21.1. The number of fused-ring (bicyclic) bond motifs is 2. The summed E-state index contributed by atoms with van der Waals surface area (Å²) in [4.78, 5) is 14.6. The van der Waals surface area contributed by atoms with Gasteiger partial charge in [0.25, 0.3) is 0 Å². The number of hydrogen-bond acceptors (Lipinski definition) is 5. The van der Waals surface area contributed by atoms with E-state index in [0.717, 1.165) is 11.1 Å². The molecule has 2 saturated heterocycles. The number of ether oxygens (including phenoxy) is 2. The molecule has 0 N–H and O–H groups in total. The minimum Gasteiger partial charge on any atom is -0.369 e. The Kier molecular flexibility index (Phi) is 6.19. The van der Waals surface area contributed by atoms with E-state index in [1.807, 2.05) is 37.3 Å². The Bertz CT molecular complexity index is 964. The highest BCUT2D eigenvalue weighted by molar-refractivity contribution is 7.89. The number of hydrogen-bond donors (Lipinski definition) is 0. The van der Waals surface area contributed by atoms with E-state index in [0.29, 0.717) is 19.7 Å². The molecule has 0 saturated carbocycles. The lowest BCUT2D eigenvalue weighted by atomic mass is 10.1. The van der Waals surface area contributed by atoms with Gasteiger partial charge in [0.05, 0.1) is 23.7 Å². The van der Waals surface area contributed by atoms with Crippen LogP contribution < -0.4 is 0 Å². The van der Waals surface area contributed by atoms with Crippen molar-refractivity contribution in [1.82, 2.24) is 9.21 Å². The molecule has 4 rings (SSSR count). The largest absolute Gasteiger partial charge is 0.369 e. The number of morpholine rings is 2. The Morgan fingerprint density at radius 1 is 1.00 bits per heavy atom. The highest BCUT2D eigenvalue weighted by Gasteiger charge is 2.41. The Hall–Kier alpha value is -2.26. The van der Waals surface area contributed by atoms with Crippen LogP contribution in [0.2, 0.25) is 0 Å². The summed E-state index contributed by atoms with van der Waals surface area (Å²) in [6.45, 7) is 3.51. The van der Waals surface area contributed by atoms with E-state index in [-0.39, 0.29) is 42.7 Å². The lowest BCUT2D eigenvalue weighted by molar-refractivity contribution is -0.158. The lowest BCUT2D eigenvalue weighted by Gasteiger charge is -2.45. The molecule has 0 aliphatic carbocycles. The molecule has 1 amide bonds. The third-order valence-corrected chi connectivity index (χ3v) is 7.24. The minimum absolute atomic E-state index is 0.000284. The molecule has 0 aromatic heterocycles. The maximum absolute atomic E-state index is 13.0. The van der Waals surface area contributed by atoms with E-state index in [2.05, 4.69) is 0 Å². The van der Waals surface area contributed by atoms with Crippen molar-refractivity contribution in [3.63, 3.8) is 0 Å². The highest BCUT2D eigenvalue weighted by Crippen LogP contribution is 2.25. The number of aryl methyl sites for hydroxylation is 1. The normalized spacial score (nSPS) is 22.1. The van der Waals surface area contributed by atoms with Crippen molar-refractivity contribution in [2.24, 2.45) is 0 Å². The van der Waals surface area contributed by atoms with Gasteiger partial charge in [-0.3, -0.25) is 4.79 Å². The molecule has 0 unspecified atom stereocenters. The lowest BCUT2D eigenvalue weighted by Crippen LogP contribution is -2.61. The molecule has 2 fully saturated rings. The standard InChI is InChI=1S/C22H26N2O5S/c1-17-7-9-21(10-8-17)30(26,27)24-13-19-11-23(12-20(14-24)29-19)22(25)16-28-15-18-5-3-2-4-6-18/h2-10,19-20H,11-16H2,1H3/t19-,20+. The van der Waals surface area contributed by atoms with Crippen molar-refractivity contribution < 1.29 is 22.7 Å². The van der Waals surface area contributed by atoms with Crippen LogP contribution in [0.4, 0.5) is 0 Å². The van der Waals surface area contributed by atoms with E-state index < -0.39 is 10.0 Å². The van der Waals surface area contributed by atoms with E-state index in [1.165, 1.54) is 4.31 Å². The van der Waals surface area contributed by atoms with Crippen molar-refractivity contribution in [1.29, 1.82) is 0 Å². The number of amides is 1. The van der Waals surface area contributed by atoms with Gasteiger partial charge in [0.15, 0.2) is 0 Å². The van der Waals surface area contributed by atoms with Crippen molar-refractivity contribution >= 4 is 15.9 Å². The fourth-order valence-corrected chi connectivity index (χ4v) is 5.34. The molecular weight excluding hydrogens is 404 g/mol. The van der Waals surface area contributed by atoms with Crippen LogP contribution in [0, 0.1) is 6.92 Å². The topological polar surface area (TPSA) is 76.2 Å². The van der Waals surface area contributed by atoms with Gasteiger partial charge < -0.3 is 14.4 Å². The fraction of sp³-hybridized carbons (Fsp3) is 0.409. The van der Waals surface area contributed by atoms with Gasteiger partial charge in [0, 0.05) is 26.2 Å². The molecule has 0 radical (unpaired) electrons. The van der Waals surface area contributed by atoms with Crippen LogP contribution >= 0.6 is 0 Å². The maximum atomic E-state index is 13.0. The molecule has 2 aromatic carbocycles. The molecule has 30 heavy (non-hydrogen) atoms. The number of sulfonamides is 1. The van der Waals surface area contributed by atoms with Crippen LogP contribution in [0.25, 0.3) is 0 Å². The summed E-state index contributed by atoms with van der Waals surface area (Å²) in [6.07, 6.45) is -0.674. The van der Waals surface area contributed by atoms with Crippen LogP contribution in [-0.2, 0) is 30.9 Å². The van der Waals surface area contributed by atoms with Crippen LogP contribution in [0.5, 0.6) is 0 Å². The number of nitrogens with zero attached hydrogens (tertiary/aromatic N) is 2. The van der Waals surface area contributed by atoms with Gasteiger partial charge >= 0.3 is 0 Å². The second-order valence-corrected chi connectivity index (χ2v) is 9.73. The van der Waals surface area contributed by atoms with Crippen LogP contribution in [0.15, 0.2) is 59.5 Å². The SMILES string of the molecule is Cc1ccc(S(=O)(=O)N2C[C@H]3CN(C(=O)COCc4ccccc4)C[C@@H](C2)O3)cc1. The first-order chi connectivity index (χ1) is 14.4. The summed E-state index contributed by atoms with van der Waals surface area (Å²) >= 11 is 0. The third-order valence-electron chi connectivity index (χ3n) is 5.40. The minimum atomic E-state index is -3.58. The smallest absolute Gasteiger partial charge is 0.248 e. The number of rotatable bonds is 6. The van der Waals surface area contributed by atoms with Gasteiger partial charge in [0.2, 0.25) is 15.9 Å². The van der Waals surface area contributed by atoms with Gasteiger partial charge in [-0.05, 0) is 24.6 Å². The molecular formula is C22H26N2O5S. The van der Waals surface area contributed by atoms with Gasteiger partial charge in [0.1, 0.15) is 6.61 Å². The summed E-state index contributed by atoms with van der Waals surface area (Å²) in [5, 5.41) is 0. The molecule has 2 bridgehead atoms. The van der Waals surface area contributed by atoms with Crippen molar-refractivity contribution in [2.75, 3.05) is 32.8 Å². The van der Waals surface area contributed by atoms with Crippen molar-refractivity contribution in [3.05, 3.63) is 65.7 Å². The molecule has 2 aliphatic rings. The van der Waals surface area contributed by atoms with Crippen LogP contribution in [0.3, 0.4) is 0 Å². The predicted molar refractivity (Wildman–Crippen MR) is 111 cm³/mol. The van der Waals surface area contributed by atoms with Gasteiger partial charge in [-0.25, -0.2) is 8.42 Å². The summed E-state index contributed by atoms with van der Waals surface area (Å²) in [7, 11) is -3.58. The fourth-order valence-electron chi connectivity index (χ4n) is 3.84. The molecule has 2 aromatic rings. The number of carbonyl (C=O) groups excluding carboxylic acids is 1. The molecule has 7 nitrogen and oxygen atoms in total. The first-order valence-electron chi connectivity index (χ1n) is 10.0. The first kappa shape index (κ1) is 21.0. The Morgan fingerprint density at radius 2 is 1.63 bits per heavy atom. The zero-order valence-electron chi connectivity index (χ0n) is 16.9.